The van der Waals surface area contributed by atoms with E-state index in [9.17, 15) is 0 Å². The molecule has 0 unspecified atom stereocenters. The van der Waals surface area contributed by atoms with Crippen molar-refractivity contribution in [1.29, 1.82) is 0 Å². The Hall–Kier alpha value is 1.06. The molecule has 0 heterocycles. The van der Waals surface area contributed by atoms with Gasteiger partial charge < -0.3 is 12.4 Å². The summed E-state index contributed by atoms with van der Waals surface area (Å²) in [4.78, 5) is 0. The van der Waals surface area contributed by atoms with Crippen LogP contribution < -0.4 is 12.4 Å². The Morgan fingerprint density at radius 3 is 1.36 bits per heavy atom. The molecule has 14 heavy (non-hydrogen) atoms. The molecule has 0 radical (unpaired) electrons. The van der Waals surface area contributed by atoms with Gasteiger partial charge in [0.15, 0.2) is 0 Å². The molecule has 0 aromatic carbocycles. The second-order valence-electron chi connectivity index (χ2n) is 4.04. The molecule has 0 fully saturated rings. The van der Waals surface area contributed by atoms with Gasteiger partial charge in [0, 0.05) is 0 Å². The number of hydrogen-bond acceptors (Lipinski definition) is 0. The fourth-order valence-electron chi connectivity index (χ4n) is 1.66. The van der Waals surface area contributed by atoms with Crippen molar-refractivity contribution in [1.82, 2.24) is 0 Å². The summed E-state index contributed by atoms with van der Waals surface area (Å²) in [6.07, 6.45) is 14.6. The van der Waals surface area contributed by atoms with Crippen molar-refractivity contribution in [3.63, 3.8) is 0 Å². The van der Waals surface area contributed by atoms with Crippen molar-refractivity contribution in [2.24, 2.45) is 0 Å². The van der Waals surface area contributed by atoms with E-state index in [1.807, 2.05) is 0 Å². The minimum atomic E-state index is 0. The molecule has 0 amide bonds. The van der Waals surface area contributed by atoms with Crippen LogP contribution in [0, 0.1) is 0 Å². The Balaban J connectivity index is 0. The summed E-state index contributed by atoms with van der Waals surface area (Å²) in [7, 11) is 0. The predicted octanol–water partition coefficient (Wildman–Crippen LogP) is 1.50. The van der Waals surface area contributed by atoms with Crippen LogP contribution in [-0.4, -0.2) is 21.7 Å². The topological polar surface area (TPSA) is 0 Å². The van der Waals surface area contributed by atoms with Crippen LogP contribution in [0.1, 0.15) is 71.1 Å². The summed E-state index contributed by atoms with van der Waals surface area (Å²) in [5, 5.41) is 0. The molecule has 0 aromatic rings. The third-order valence-corrected chi connectivity index (χ3v) is 3.10. The molecule has 0 saturated carbocycles. The number of rotatable bonds is 10. The Morgan fingerprint density at radius 2 is 1.00 bits per heavy atom. The van der Waals surface area contributed by atoms with E-state index in [0.29, 0.717) is 0 Å². The normalized spacial score (nSPS) is 9.93. The van der Waals surface area contributed by atoms with Gasteiger partial charge in [-0.25, -0.2) is 0 Å². The van der Waals surface area contributed by atoms with Crippen molar-refractivity contribution < 1.29 is 12.4 Å². The van der Waals surface area contributed by atoms with Gasteiger partial charge in [0.1, 0.15) is 0 Å². The predicted molar refractivity (Wildman–Crippen MR) is 62.4 cm³/mol. The van der Waals surface area contributed by atoms with Gasteiger partial charge in [-0.05, 0) is 0 Å². The van der Waals surface area contributed by atoms with Crippen molar-refractivity contribution >= 4 is 21.7 Å². The van der Waals surface area contributed by atoms with E-state index >= 15 is 0 Å². The molecular formula is C12H25ClMg. The molecule has 0 nitrogen and oxygen atoms in total. The van der Waals surface area contributed by atoms with Crippen LogP contribution in [0.3, 0.4) is 0 Å². The molecule has 0 bridgehead atoms. The Labute approximate surface area is 109 Å². The molecule has 0 saturated heterocycles. The first kappa shape index (κ1) is 17.5. The van der Waals surface area contributed by atoms with Gasteiger partial charge in [-0.15, -0.1) is 0 Å². The third-order valence-electron chi connectivity index (χ3n) is 2.60. The average Bonchev–Trinajstić information content (AvgIpc) is 2.16. The average molecular weight is 229 g/mol. The minimum Gasteiger partial charge on any atom is -1.00 e. The quantitative estimate of drug-likeness (QED) is 0.393. The van der Waals surface area contributed by atoms with Gasteiger partial charge in [-0.1, -0.05) is 0 Å². The van der Waals surface area contributed by atoms with Gasteiger partial charge in [-0.3, -0.25) is 0 Å². The van der Waals surface area contributed by atoms with E-state index in [0.717, 1.165) is 0 Å². The Bertz CT molecular complexity index is 76.4. The summed E-state index contributed by atoms with van der Waals surface area (Å²) in [6.45, 7) is 2.28. The maximum absolute atomic E-state index is 2.28. The molecule has 0 rings (SSSR count). The molecule has 0 aromatic heterocycles. The van der Waals surface area contributed by atoms with E-state index in [1.165, 1.54) is 68.8 Å². The zero-order valence-electron chi connectivity index (χ0n) is 9.86. The van der Waals surface area contributed by atoms with Crippen LogP contribution in [-0.2, 0) is 0 Å². The maximum Gasteiger partial charge on any atom is -1.00 e. The summed E-state index contributed by atoms with van der Waals surface area (Å²) < 4.78 is 1.40. The largest absolute Gasteiger partial charge is 1.00 e. The first-order valence-electron chi connectivity index (χ1n) is 6.21. The third kappa shape index (κ3) is 15.5. The minimum absolute atomic E-state index is 0. The van der Waals surface area contributed by atoms with E-state index < -0.39 is 0 Å². The molecule has 0 aliphatic heterocycles. The molecule has 82 valence electrons. The van der Waals surface area contributed by atoms with E-state index in [-0.39, 0.29) is 12.4 Å². The van der Waals surface area contributed by atoms with Crippen LogP contribution in [0.4, 0.5) is 0 Å². The van der Waals surface area contributed by atoms with Crippen molar-refractivity contribution in [3.8, 4) is 0 Å². The van der Waals surface area contributed by atoms with Crippen LogP contribution in [0.5, 0.6) is 0 Å². The Morgan fingerprint density at radius 1 is 0.643 bits per heavy atom. The molecule has 0 aliphatic carbocycles. The smallest absolute Gasteiger partial charge is 1.00 e. The standard InChI is InChI=1S/C12H25.ClH.Mg/c1-3-5-7-9-11-12-10-8-6-4-2;;/h1,3-12H2,2H3;1H;/q;;+1/p-1. The van der Waals surface area contributed by atoms with E-state index in [1.54, 1.807) is 0 Å². The second-order valence-corrected chi connectivity index (χ2v) is 4.74. The second kappa shape index (κ2) is 16.5. The Kier molecular flexibility index (Phi) is 20.5. The zero-order valence-corrected chi connectivity index (χ0v) is 12.0. The molecule has 0 N–H and O–H groups in total. The summed E-state index contributed by atoms with van der Waals surface area (Å²) >= 11 is 2.11. The van der Waals surface area contributed by atoms with Crippen molar-refractivity contribution in [3.05, 3.63) is 0 Å². The fourth-order valence-corrected chi connectivity index (χ4v) is 2.02. The van der Waals surface area contributed by atoms with Crippen LogP contribution in [0.2, 0.25) is 4.55 Å². The van der Waals surface area contributed by atoms with Gasteiger partial charge in [0.2, 0.25) is 0 Å². The number of halogens is 1. The van der Waals surface area contributed by atoms with Crippen LogP contribution >= 0.6 is 0 Å². The number of hydrogen-bond donors (Lipinski definition) is 0. The monoisotopic (exact) mass is 228 g/mol. The fraction of sp³-hybridized carbons (Fsp3) is 1.00. The van der Waals surface area contributed by atoms with Gasteiger partial charge in [0.05, 0.1) is 0 Å². The number of unbranched alkanes of at least 4 members (excludes halogenated alkanes) is 9. The summed E-state index contributed by atoms with van der Waals surface area (Å²) in [5.74, 6) is 0. The van der Waals surface area contributed by atoms with Crippen molar-refractivity contribution in [2.75, 3.05) is 0 Å². The maximum atomic E-state index is 2.28. The van der Waals surface area contributed by atoms with Crippen LogP contribution in [0.15, 0.2) is 0 Å². The summed E-state index contributed by atoms with van der Waals surface area (Å²) in [6, 6.07) is 0. The van der Waals surface area contributed by atoms with Crippen molar-refractivity contribution in [2.45, 2.75) is 75.7 Å². The van der Waals surface area contributed by atoms with E-state index in [4.69, 9.17) is 0 Å². The molecule has 0 aliphatic rings. The first-order valence-corrected chi connectivity index (χ1v) is 7.21. The SMILES string of the molecule is CCCCCCCCCCC[CH2][Mg+].[Cl-]. The van der Waals surface area contributed by atoms with E-state index in [2.05, 4.69) is 28.6 Å². The molecule has 2 heteroatoms. The van der Waals surface area contributed by atoms with Gasteiger partial charge >= 0.3 is 97.4 Å². The summed E-state index contributed by atoms with van der Waals surface area (Å²) in [5.41, 5.74) is 0. The van der Waals surface area contributed by atoms with Crippen LogP contribution in [0.25, 0.3) is 0 Å². The van der Waals surface area contributed by atoms with Gasteiger partial charge in [-0.2, -0.15) is 0 Å². The zero-order chi connectivity index (χ0) is 9.78. The molecule has 0 atom stereocenters. The molecule has 0 spiro atoms. The van der Waals surface area contributed by atoms with Gasteiger partial charge in [0.25, 0.3) is 0 Å². The molecular weight excluding hydrogens is 204 g/mol. The first-order chi connectivity index (χ1) is 6.41.